The normalized spacial score (nSPS) is 18.5. The Morgan fingerprint density at radius 2 is 2.14 bits per heavy atom. The van der Waals surface area contributed by atoms with Gasteiger partial charge in [0.1, 0.15) is 5.75 Å². The number of carbonyl (C=O) groups excluding carboxylic acids is 1. The Labute approximate surface area is 128 Å². The first-order valence-electron chi connectivity index (χ1n) is 6.97. The number of hydrogen-bond acceptors (Lipinski definition) is 4. The number of methoxy groups -OCH3 is 1. The van der Waals surface area contributed by atoms with E-state index < -0.39 is 0 Å². The Hall–Kier alpha value is -1.85. The van der Waals surface area contributed by atoms with Gasteiger partial charge in [-0.2, -0.15) is 11.3 Å². The second-order valence-electron chi connectivity index (χ2n) is 5.00. The molecule has 2 heterocycles. The van der Waals surface area contributed by atoms with Gasteiger partial charge in [0.15, 0.2) is 0 Å². The second kappa shape index (κ2) is 6.28. The molecule has 0 unspecified atom stereocenters. The van der Waals surface area contributed by atoms with Gasteiger partial charge in [0.05, 0.1) is 18.7 Å². The van der Waals surface area contributed by atoms with E-state index in [1.807, 2.05) is 46.0 Å². The molecule has 4 nitrogen and oxygen atoms in total. The van der Waals surface area contributed by atoms with Crippen molar-refractivity contribution in [1.82, 2.24) is 10.2 Å². The molecule has 2 aromatic rings. The Kier molecular flexibility index (Phi) is 4.22. The van der Waals surface area contributed by atoms with Crippen LogP contribution >= 0.6 is 11.3 Å². The van der Waals surface area contributed by atoms with Gasteiger partial charge in [-0.3, -0.25) is 4.79 Å². The largest absolute Gasteiger partial charge is 0.497 e. The Morgan fingerprint density at radius 1 is 1.33 bits per heavy atom. The van der Waals surface area contributed by atoms with Crippen molar-refractivity contribution in [3.8, 4) is 5.75 Å². The number of ether oxygens (including phenoxy) is 1. The van der Waals surface area contributed by atoms with Crippen molar-refractivity contribution in [3.05, 3.63) is 52.2 Å². The molecule has 0 aliphatic carbocycles. The highest BCUT2D eigenvalue weighted by Crippen LogP contribution is 2.26. The van der Waals surface area contributed by atoms with E-state index in [0.717, 1.165) is 36.5 Å². The Balaban J connectivity index is 1.85. The molecule has 1 atom stereocenters. The van der Waals surface area contributed by atoms with Gasteiger partial charge in [-0.1, -0.05) is 12.1 Å². The first-order chi connectivity index (χ1) is 10.3. The smallest absolute Gasteiger partial charge is 0.255 e. The van der Waals surface area contributed by atoms with Crippen molar-refractivity contribution >= 4 is 17.2 Å². The Morgan fingerprint density at radius 3 is 2.81 bits per heavy atom. The highest BCUT2D eigenvalue weighted by Gasteiger charge is 2.28. The number of thiophene rings is 1. The third-order valence-electron chi connectivity index (χ3n) is 3.77. The molecule has 0 spiro atoms. The van der Waals surface area contributed by atoms with Crippen LogP contribution < -0.4 is 10.1 Å². The predicted octanol–water partition coefficient (Wildman–Crippen LogP) is 2.54. The lowest BCUT2D eigenvalue weighted by atomic mass is 10.0. The monoisotopic (exact) mass is 302 g/mol. The van der Waals surface area contributed by atoms with Crippen LogP contribution in [0.3, 0.4) is 0 Å². The number of hydrogen-bond donors (Lipinski definition) is 1. The summed E-state index contributed by atoms with van der Waals surface area (Å²) in [6, 6.07) is 9.90. The third kappa shape index (κ3) is 2.94. The zero-order valence-electron chi connectivity index (χ0n) is 11.9. The molecule has 1 aromatic carbocycles. The van der Waals surface area contributed by atoms with Gasteiger partial charge in [-0.25, -0.2) is 0 Å². The van der Waals surface area contributed by atoms with Crippen molar-refractivity contribution in [1.29, 1.82) is 0 Å². The summed E-state index contributed by atoms with van der Waals surface area (Å²) in [4.78, 5) is 14.6. The number of carbonyl (C=O) groups is 1. The quantitative estimate of drug-likeness (QED) is 0.947. The van der Waals surface area contributed by atoms with Crippen LogP contribution in [0.1, 0.15) is 22.0 Å². The fraction of sp³-hybridized carbons (Fsp3) is 0.312. The van der Waals surface area contributed by atoms with Gasteiger partial charge in [-0.15, -0.1) is 0 Å². The molecule has 110 valence electrons. The summed E-state index contributed by atoms with van der Waals surface area (Å²) in [5.41, 5.74) is 1.91. The average Bonchev–Trinajstić information content (AvgIpc) is 3.09. The minimum atomic E-state index is 0.0667. The lowest BCUT2D eigenvalue weighted by Gasteiger charge is -2.36. The molecule has 1 fully saturated rings. The molecule has 1 saturated heterocycles. The second-order valence-corrected chi connectivity index (χ2v) is 5.78. The van der Waals surface area contributed by atoms with Crippen LogP contribution in [0.5, 0.6) is 5.75 Å². The topological polar surface area (TPSA) is 41.6 Å². The first-order valence-corrected chi connectivity index (χ1v) is 7.91. The maximum atomic E-state index is 12.6. The van der Waals surface area contributed by atoms with Gasteiger partial charge in [0.25, 0.3) is 5.91 Å². The van der Waals surface area contributed by atoms with Crippen molar-refractivity contribution < 1.29 is 9.53 Å². The number of nitrogens with zero attached hydrogens (tertiary/aromatic N) is 1. The van der Waals surface area contributed by atoms with Crippen molar-refractivity contribution in [2.45, 2.75) is 6.04 Å². The van der Waals surface area contributed by atoms with E-state index in [4.69, 9.17) is 4.74 Å². The van der Waals surface area contributed by atoms with Gasteiger partial charge in [-0.05, 0) is 29.1 Å². The highest BCUT2D eigenvalue weighted by molar-refractivity contribution is 7.08. The van der Waals surface area contributed by atoms with E-state index in [-0.39, 0.29) is 11.9 Å². The van der Waals surface area contributed by atoms with Crippen LogP contribution in [-0.4, -0.2) is 37.6 Å². The summed E-state index contributed by atoms with van der Waals surface area (Å²) in [7, 11) is 1.66. The maximum absolute atomic E-state index is 12.6. The maximum Gasteiger partial charge on any atom is 0.255 e. The molecule has 1 aliphatic heterocycles. The zero-order chi connectivity index (χ0) is 14.7. The van der Waals surface area contributed by atoms with Crippen LogP contribution in [0.2, 0.25) is 0 Å². The molecular weight excluding hydrogens is 284 g/mol. The summed E-state index contributed by atoms with van der Waals surface area (Å²) in [6.07, 6.45) is 0. The van der Waals surface area contributed by atoms with Gasteiger partial charge >= 0.3 is 0 Å². The van der Waals surface area contributed by atoms with Crippen molar-refractivity contribution in [2.75, 3.05) is 26.7 Å². The van der Waals surface area contributed by atoms with Crippen molar-refractivity contribution in [3.63, 3.8) is 0 Å². The predicted molar refractivity (Wildman–Crippen MR) is 84.0 cm³/mol. The lowest BCUT2D eigenvalue weighted by Crippen LogP contribution is -2.48. The molecule has 1 aromatic heterocycles. The van der Waals surface area contributed by atoms with Crippen molar-refractivity contribution in [2.24, 2.45) is 0 Å². The van der Waals surface area contributed by atoms with Gasteiger partial charge in [0.2, 0.25) is 0 Å². The fourth-order valence-electron chi connectivity index (χ4n) is 2.62. The zero-order valence-corrected chi connectivity index (χ0v) is 12.7. The molecule has 0 radical (unpaired) electrons. The lowest BCUT2D eigenvalue weighted by molar-refractivity contribution is 0.0635. The minimum Gasteiger partial charge on any atom is -0.497 e. The summed E-state index contributed by atoms with van der Waals surface area (Å²) in [5.74, 6) is 0.941. The van der Waals surface area contributed by atoms with E-state index in [0.29, 0.717) is 0 Å². The van der Waals surface area contributed by atoms with E-state index in [1.54, 1.807) is 18.4 Å². The number of benzene rings is 1. The molecular formula is C16H18N2O2S. The van der Waals surface area contributed by atoms with E-state index in [1.165, 1.54) is 0 Å². The van der Waals surface area contributed by atoms with E-state index >= 15 is 0 Å². The molecule has 3 rings (SSSR count). The van der Waals surface area contributed by atoms with Crippen LogP contribution in [0.25, 0.3) is 0 Å². The highest BCUT2D eigenvalue weighted by atomic mass is 32.1. The van der Waals surface area contributed by atoms with Crippen LogP contribution in [0.4, 0.5) is 0 Å². The molecule has 0 saturated carbocycles. The number of piperazine rings is 1. The third-order valence-corrected chi connectivity index (χ3v) is 4.46. The average molecular weight is 302 g/mol. The summed E-state index contributed by atoms with van der Waals surface area (Å²) >= 11 is 1.55. The van der Waals surface area contributed by atoms with E-state index in [9.17, 15) is 4.79 Å². The first kappa shape index (κ1) is 14.1. The van der Waals surface area contributed by atoms with Crippen LogP contribution in [-0.2, 0) is 0 Å². The van der Waals surface area contributed by atoms with Crippen LogP contribution in [0.15, 0.2) is 41.1 Å². The van der Waals surface area contributed by atoms with E-state index in [2.05, 4.69) is 5.32 Å². The number of amides is 1. The molecule has 5 heteroatoms. The fourth-order valence-corrected chi connectivity index (χ4v) is 3.25. The standard InChI is InChI=1S/C16H18N2O2S/c1-20-14-4-2-12(3-5-14)15-10-17-7-8-18(15)16(19)13-6-9-21-11-13/h2-6,9,11,15,17H,7-8,10H2,1H3/t15-/m0/s1. The van der Waals surface area contributed by atoms with Gasteiger partial charge in [0, 0.05) is 25.0 Å². The molecule has 21 heavy (non-hydrogen) atoms. The SMILES string of the molecule is COc1ccc([C@@H]2CNCCN2C(=O)c2ccsc2)cc1. The van der Waals surface area contributed by atoms with Crippen LogP contribution in [0, 0.1) is 0 Å². The summed E-state index contributed by atoms with van der Waals surface area (Å²) < 4.78 is 5.19. The van der Waals surface area contributed by atoms with Gasteiger partial charge < -0.3 is 15.0 Å². The molecule has 1 aliphatic rings. The summed E-state index contributed by atoms with van der Waals surface area (Å²) in [6.45, 7) is 2.34. The number of nitrogens with one attached hydrogen (secondary N) is 1. The molecule has 1 N–H and O–H groups in total. The molecule has 0 bridgehead atoms. The summed E-state index contributed by atoms with van der Waals surface area (Å²) in [5, 5.41) is 7.22. The Bertz CT molecular complexity index is 595. The minimum absolute atomic E-state index is 0.0667. The number of rotatable bonds is 3. The molecule has 1 amide bonds.